The minimum absolute atomic E-state index is 0.221. The molecule has 1 saturated heterocycles. The van der Waals surface area contributed by atoms with Gasteiger partial charge in [0.15, 0.2) is 0 Å². The monoisotopic (exact) mass is 363 g/mol. The van der Waals surface area contributed by atoms with Gasteiger partial charge in [0.25, 0.3) is 4.84 Å². The summed E-state index contributed by atoms with van der Waals surface area (Å²) in [7, 11) is 1.34. The molecule has 1 aliphatic rings. The van der Waals surface area contributed by atoms with E-state index in [9.17, 15) is 9.90 Å². The first-order chi connectivity index (χ1) is 11.9. The van der Waals surface area contributed by atoms with Crippen molar-refractivity contribution in [2.45, 2.75) is 39.1 Å². The SMILES string of the molecule is COC(=O)[C@@H]1C[C@@H](O)CN1Cn1nc(-c2cc(C)cc(C)c2)oc1=S. The number of aliphatic hydroxyl groups excluding tert-OH is 1. The van der Waals surface area contributed by atoms with Crippen LogP contribution in [0.3, 0.4) is 0 Å². The number of β-amino-alcohol motifs (C(OH)–C–C–N with tert-alkyl or cyclic N) is 1. The summed E-state index contributed by atoms with van der Waals surface area (Å²) >= 11 is 5.26. The number of aromatic nitrogens is 2. The van der Waals surface area contributed by atoms with E-state index in [-0.39, 0.29) is 17.5 Å². The van der Waals surface area contributed by atoms with Crippen molar-refractivity contribution < 1.29 is 19.1 Å². The summed E-state index contributed by atoms with van der Waals surface area (Å²) in [5.74, 6) is 0.0623. The fraction of sp³-hybridized carbons (Fsp3) is 0.471. The van der Waals surface area contributed by atoms with Crippen molar-refractivity contribution >= 4 is 18.2 Å². The number of ether oxygens (including phenoxy) is 1. The van der Waals surface area contributed by atoms with Crippen LogP contribution in [0, 0.1) is 18.7 Å². The molecule has 0 radical (unpaired) electrons. The van der Waals surface area contributed by atoms with E-state index in [1.807, 2.05) is 26.0 Å². The smallest absolute Gasteiger partial charge is 0.323 e. The predicted octanol–water partition coefficient (Wildman–Crippen LogP) is 2.06. The van der Waals surface area contributed by atoms with E-state index in [1.165, 1.54) is 11.8 Å². The molecule has 1 fully saturated rings. The minimum Gasteiger partial charge on any atom is -0.468 e. The predicted molar refractivity (Wildman–Crippen MR) is 93.4 cm³/mol. The van der Waals surface area contributed by atoms with Gasteiger partial charge in [-0.25, -0.2) is 4.68 Å². The summed E-state index contributed by atoms with van der Waals surface area (Å²) in [6.45, 7) is 4.63. The van der Waals surface area contributed by atoms with Crippen LogP contribution in [0.2, 0.25) is 0 Å². The van der Waals surface area contributed by atoms with Crippen LogP contribution in [-0.4, -0.2) is 51.6 Å². The Labute approximate surface area is 150 Å². The van der Waals surface area contributed by atoms with Gasteiger partial charge in [-0.05, 0) is 38.2 Å². The molecule has 134 valence electrons. The molecule has 1 aromatic carbocycles. The maximum atomic E-state index is 11.9. The lowest BCUT2D eigenvalue weighted by Gasteiger charge is -2.21. The number of hydrogen-bond acceptors (Lipinski definition) is 7. The zero-order chi connectivity index (χ0) is 18.1. The highest BCUT2D eigenvalue weighted by molar-refractivity contribution is 7.71. The van der Waals surface area contributed by atoms with E-state index in [1.54, 1.807) is 4.90 Å². The summed E-state index contributed by atoms with van der Waals surface area (Å²) in [5, 5.41) is 14.3. The number of carbonyl (C=O) groups excluding carboxylic acids is 1. The second-order valence-corrected chi connectivity index (χ2v) is 6.74. The number of hydrogen-bond donors (Lipinski definition) is 1. The summed E-state index contributed by atoms with van der Waals surface area (Å²) in [4.78, 5) is 13.9. The van der Waals surface area contributed by atoms with E-state index >= 15 is 0 Å². The number of aryl methyl sites for hydroxylation is 2. The van der Waals surface area contributed by atoms with Crippen molar-refractivity contribution in [1.82, 2.24) is 14.7 Å². The number of benzene rings is 1. The topological polar surface area (TPSA) is 80.7 Å². The number of rotatable bonds is 4. The highest BCUT2D eigenvalue weighted by Gasteiger charge is 2.37. The Morgan fingerprint density at radius 1 is 1.40 bits per heavy atom. The summed E-state index contributed by atoms with van der Waals surface area (Å²) in [6, 6.07) is 5.52. The van der Waals surface area contributed by atoms with E-state index in [2.05, 4.69) is 11.2 Å². The molecule has 0 amide bonds. The molecule has 0 bridgehead atoms. The molecule has 0 spiro atoms. The van der Waals surface area contributed by atoms with Gasteiger partial charge in [0.2, 0.25) is 5.89 Å². The Hall–Kier alpha value is -2.03. The van der Waals surface area contributed by atoms with E-state index in [0.717, 1.165) is 16.7 Å². The van der Waals surface area contributed by atoms with Gasteiger partial charge >= 0.3 is 5.97 Å². The summed E-state index contributed by atoms with van der Waals surface area (Å²) in [5.41, 5.74) is 3.08. The Balaban J connectivity index is 1.85. The van der Waals surface area contributed by atoms with Gasteiger partial charge in [-0.1, -0.05) is 17.2 Å². The van der Waals surface area contributed by atoms with Crippen LogP contribution in [0.1, 0.15) is 17.5 Å². The third-order valence-electron chi connectivity index (χ3n) is 4.25. The number of methoxy groups -OCH3 is 1. The van der Waals surface area contributed by atoms with Crippen LogP contribution in [0.4, 0.5) is 0 Å². The van der Waals surface area contributed by atoms with Crippen LogP contribution >= 0.6 is 12.2 Å². The largest absolute Gasteiger partial charge is 0.468 e. The molecule has 1 N–H and O–H groups in total. The van der Waals surface area contributed by atoms with Gasteiger partial charge in [0, 0.05) is 18.5 Å². The standard InChI is InChI=1S/C17H21N3O4S/c1-10-4-11(2)6-12(5-10)15-18-20(17(25)24-15)9-19-8-13(21)7-14(19)16(22)23-3/h4-6,13-14,21H,7-9H2,1-3H3/t13-,14+/m1/s1. The average Bonchev–Trinajstić information content (AvgIpc) is 3.09. The molecule has 0 aliphatic carbocycles. The number of carbonyl (C=O) groups is 1. The Bertz CT molecular complexity index is 824. The normalized spacial score (nSPS) is 20.8. The van der Waals surface area contributed by atoms with E-state index < -0.39 is 12.1 Å². The fourth-order valence-electron chi connectivity index (χ4n) is 3.20. The van der Waals surface area contributed by atoms with Crippen LogP contribution in [0.25, 0.3) is 11.5 Å². The fourth-order valence-corrected chi connectivity index (χ4v) is 3.38. The third kappa shape index (κ3) is 3.81. The first kappa shape index (κ1) is 17.8. The van der Waals surface area contributed by atoms with E-state index in [4.69, 9.17) is 21.4 Å². The molecule has 2 aromatic rings. The molecule has 7 nitrogen and oxygen atoms in total. The quantitative estimate of drug-likeness (QED) is 0.658. The first-order valence-electron chi connectivity index (χ1n) is 8.04. The lowest BCUT2D eigenvalue weighted by Crippen LogP contribution is -2.38. The van der Waals surface area contributed by atoms with Crippen LogP contribution in [0.15, 0.2) is 22.6 Å². The van der Waals surface area contributed by atoms with Crippen molar-refractivity contribution in [2.24, 2.45) is 0 Å². The molecule has 1 aliphatic heterocycles. The van der Waals surface area contributed by atoms with Crippen molar-refractivity contribution in [1.29, 1.82) is 0 Å². The number of likely N-dealkylation sites (tertiary alicyclic amines) is 1. The van der Waals surface area contributed by atoms with Gasteiger partial charge in [-0.15, -0.1) is 5.10 Å². The first-order valence-corrected chi connectivity index (χ1v) is 8.44. The molecule has 3 rings (SSSR count). The van der Waals surface area contributed by atoms with Crippen LogP contribution < -0.4 is 0 Å². The summed E-state index contributed by atoms with van der Waals surface area (Å²) in [6.07, 6.45) is -0.244. The highest BCUT2D eigenvalue weighted by Crippen LogP contribution is 2.23. The molecule has 2 atom stereocenters. The van der Waals surface area contributed by atoms with E-state index in [0.29, 0.717) is 18.9 Å². The zero-order valence-electron chi connectivity index (χ0n) is 14.4. The molecule has 0 unspecified atom stereocenters. The minimum atomic E-state index is -0.580. The molecule has 2 heterocycles. The second kappa shape index (κ2) is 7.07. The zero-order valence-corrected chi connectivity index (χ0v) is 15.2. The summed E-state index contributed by atoms with van der Waals surface area (Å²) < 4.78 is 12.0. The van der Waals surface area contributed by atoms with Gasteiger partial charge in [-0.2, -0.15) is 0 Å². The maximum Gasteiger partial charge on any atom is 0.323 e. The highest BCUT2D eigenvalue weighted by atomic mass is 32.1. The number of nitrogens with zero attached hydrogens (tertiary/aromatic N) is 3. The number of esters is 1. The lowest BCUT2D eigenvalue weighted by molar-refractivity contribution is -0.146. The molecular formula is C17H21N3O4S. The van der Waals surface area contributed by atoms with Crippen LogP contribution in [-0.2, 0) is 16.2 Å². The van der Waals surface area contributed by atoms with Crippen molar-refractivity contribution in [2.75, 3.05) is 13.7 Å². The van der Waals surface area contributed by atoms with Gasteiger partial charge < -0.3 is 14.3 Å². The van der Waals surface area contributed by atoms with Gasteiger partial charge in [0.05, 0.1) is 19.9 Å². The Kier molecular flexibility index (Phi) is 5.03. The number of aliphatic hydroxyl groups is 1. The lowest BCUT2D eigenvalue weighted by atomic mass is 10.1. The Morgan fingerprint density at radius 2 is 2.08 bits per heavy atom. The van der Waals surface area contributed by atoms with Gasteiger partial charge in [0.1, 0.15) is 6.04 Å². The van der Waals surface area contributed by atoms with Crippen LogP contribution in [0.5, 0.6) is 0 Å². The maximum absolute atomic E-state index is 11.9. The third-order valence-corrected chi connectivity index (χ3v) is 4.54. The van der Waals surface area contributed by atoms with Crippen molar-refractivity contribution in [3.05, 3.63) is 34.2 Å². The molecule has 1 aromatic heterocycles. The van der Waals surface area contributed by atoms with Gasteiger partial charge in [-0.3, -0.25) is 9.69 Å². The Morgan fingerprint density at radius 3 is 2.72 bits per heavy atom. The van der Waals surface area contributed by atoms with Crippen molar-refractivity contribution in [3.63, 3.8) is 0 Å². The molecule has 8 heteroatoms. The second-order valence-electron chi connectivity index (χ2n) is 6.39. The molecule has 25 heavy (non-hydrogen) atoms. The molecule has 0 saturated carbocycles. The average molecular weight is 363 g/mol. The molecular weight excluding hydrogens is 342 g/mol. The van der Waals surface area contributed by atoms with Crippen molar-refractivity contribution in [3.8, 4) is 11.5 Å².